The zero-order valence-electron chi connectivity index (χ0n) is 11.5. The fraction of sp³-hybridized carbons (Fsp3) is 0.250. The minimum Gasteiger partial charge on any atom is -0.312 e. The van der Waals surface area contributed by atoms with E-state index in [2.05, 4.69) is 40.3 Å². The molecule has 0 aromatic heterocycles. The summed E-state index contributed by atoms with van der Waals surface area (Å²) >= 11 is 5.14. The van der Waals surface area contributed by atoms with E-state index in [9.17, 15) is 4.39 Å². The highest BCUT2D eigenvalue weighted by Gasteiger charge is 2.15. The first-order valence-electron chi connectivity index (χ1n) is 6.42. The van der Waals surface area contributed by atoms with Gasteiger partial charge in [-0.25, -0.2) is 4.39 Å². The van der Waals surface area contributed by atoms with E-state index < -0.39 is 0 Å². The number of aryl methyl sites for hydroxylation is 1. The summed E-state index contributed by atoms with van der Waals surface area (Å²) in [7, 11) is 1.86. The lowest BCUT2D eigenvalue weighted by Gasteiger charge is -2.18. The summed E-state index contributed by atoms with van der Waals surface area (Å²) in [5.74, 6) is 0.618. The van der Waals surface area contributed by atoms with E-state index >= 15 is 0 Å². The quantitative estimate of drug-likeness (QED) is 0.763. The fourth-order valence-corrected chi connectivity index (χ4v) is 3.54. The van der Waals surface area contributed by atoms with Gasteiger partial charge in [0.25, 0.3) is 0 Å². The van der Waals surface area contributed by atoms with Crippen molar-refractivity contribution >= 4 is 27.7 Å². The summed E-state index contributed by atoms with van der Waals surface area (Å²) in [6, 6.07) is 13.3. The predicted octanol–water partition coefficient (Wildman–Crippen LogP) is 4.95. The van der Waals surface area contributed by atoms with Gasteiger partial charge < -0.3 is 5.32 Å². The molecule has 0 fully saturated rings. The van der Waals surface area contributed by atoms with E-state index in [-0.39, 0.29) is 11.9 Å². The van der Waals surface area contributed by atoms with Crippen LogP contribution >= 0.6 is 27.7 Å². The van der Waals surface area contributed by atoms with Crippen molar-refractivity contribution in [1.82, 2.24) is 5.32 Å². The number of halogens is 2. The summed E-state index contributed by atoms with van der Waals surface area (Å²) in [4.78, 5) is 1.24. The van der Waals surface area contributed by atoms with Crippen LogP contribution in [0.25, 0.3) is 0 Å². The highest BCUT2D eigenvalue weighted by molar-refractivity contribution is 9.10. The molecule has 0 heterocycles. The Labute approximate surface area is 132 Å². The summed E-state index contributed by atoms with van der Waals surface area (Å²) < 4.78 is 14.8. The molecule has 2 aromatic carbocycles. The van der Waals surface area contributed by atoms with Gasteiger partial charge in [-0.05, 0) is 43.8 Å². The van der Waals surface area contributed by atoms with Crippen molar-refractivity contribution in [3.8, 4) is 0 Å². The third kappa shape index (κ3) is 3.84. The number of rotatable bonds is 5. The molecule has 0 saturated carbocycles. The molecule has 1 N–H and O–H groups in total. The lowest BCUT2D eigenvalue weighted by molar-refractivity contribution is 0.565. The molecule has 0 aliphatic heterocycles. The van der Waals surface area contributed by atoms with Crippen LogP contribution in [0.2, 0.25) is 0 Å². The van der Waals surface area contributed by atoms with Crippen molar-refractivity contribution in [3.05, 3.63) is 63.9 Å². The smallest absolute Gasteiger partial charge is 0.128 e. The number of benzene rings is 2. The Morgan fingerprint density at radius 1 is 1.25 bits per heavy atom. The van der Waals surface area contributed by atoms with Crippen molar-refractivity contribution < 1.29 is 4.39 Å². The second kappa shape index (κ2) is 7.25. The van der Waals surface area contributed by atoms with Gasteiger partial charge in [0.2, 0.25) is 0 Å². The molecule has 0 radical (unpaired) electrons. The molecule has 2 aromatic rings. The molecule has 1 nitrogen and oxygen atoms in total. The number of hydrogen-bond donors (Lipinski definition) is 1. The monoisotopic (exact) mass is 353 g/mol. The number of thioether (sulfide) groups is 1. The highest BCUT2D eigenvalue weighted by atomic mass is 79.9. The van der Waals surface area contributed by atoms with E-state index in [0.29, 0.717) is 5.56 Å². The van der Waals surface area contributed by atoms with Gasteiger partial charge in [0.05, 0.1) is 0 Å². The molecule has 0 bridgehead atoms. The summed E-state index contributed by atoms with van der Waals surface area (Å²) in [6.07, 6.45) is 0. The summed E-state index contributed by atoms with van der Waals surface area (Å²) in [6.45, 7) is 2.09. The molecule has 1 atom stereocenters. The van der Waals surface area contributed by atoms with Crippen LogP contribution in [0.15, 0.2) is 51.8 Å². The second-order valence-electron chi connectivity index (χ2n) is 4.58. The molecule has 2 rings (SSSR count). The Morgan fingerprint density at radius 3 is 2.70 bits per heavy atom. The van der Waals surface area contributed by atoms with Crippen molar-refractivity contribution in [2.45, 2.75) is 17.9 Å². The van der Waals surface area contributed by atoms with Crippen LogP contribution < -0.4 is 5.32 Å². The minimum absolute atomic E-state index is 0.0166. The van der Waals surface area contributed by atoms with Gasteiger partial charge in [-0.15, -0.1) is 11.8 Å². The maximum absolute atomic E-state index is 13.9. The third-order valence-electron chi connectivity index (χ3n) is 3.18. The minimum atomic E-state index is -0.169. The average molecular weight is 354 g/mol. The predicted molar refractivity (Wildman–Crippen MR) is 87.8 cm³/mol. The largest absolute Gasteiger partial charge is 0.312 e. The number of hydrogen-bond acceptors (Lipinski definition) is 2. The summed E-state index contributed by atoms with van der Waals surface area (Å²) in [5.41, 5.74) is 1.95. The van der Waals surface area contributed by atoms with Gasteiger partial charge in [0, 0.05) is 26.7 Å². The average Bonchev–Trinajstić information content (AvgIpc) is 2.45. The lowest BCUT2D eigenvalue weighted by atomic mass is 10.1. The molecule has 0 spiro atoms. The molecule has 0 aliphatic rings. The molecule has 0 aliphatic carbocycles. The maximum atomic E-state index is 13.9. The first kappa shape index (κ1) is 15.5. The first-order chi connectivity index (χ1) is 9.61. The molecule has 0 saturated heterocycles. The van der Waals surface area contributed by atoms with Crippen molar-refractivity contribution in [1.29, 1.82) is 0 Å². The Bertz CT molecular complexity index is 588. The van der Waals surface area contributed by atoms with E-state index in [0.717, 1.165) is 10.2 Å². The summed E-state index contributed by atoms with van der Waals surface area (Å²) in [5, 5.41) is 3.19. The lowest BCUT2D eigenvalue weighted by Crippen LogP contribution is -2.20. The Hall–Kier alpha value is -0.840. The van der Waals surface area contributed by atoms with Crippen molar-refractivity contribution in [2.75, 3.05) is 12.8 Å². The second-order valence-corrected chi connectivity index (χ2v) is 6.56. The van der Waals surface area contributed by atoms with Crippen LogP contribution in [0.1, 0.15) is 17.2 Å². The van der Waals surface area contributed by atoms with Gasteiger partial charge in [-0.1, -0.05) is 34.1 Å². The van der Waals surface area contributed by atoms with E-state index in [1.807, 2.05) is 25.2 Å². The van der Waals surface area contributed by atoms with Crippen molar-refractivity contribution in [2.24, 2.45) is 0 Å². The van der Waals surface area contributed by atoms with Crippen molar-refractivity contribution in [3.63, 3.8) is 0 Å². The van der Waals surface area contributed by atoms with Crippen LogP contribution in [0.5, 0.6) is 0 Å². The topological polar surface area (TPSA) is 12.0 Å². The van der Waals surface area contributed by atoms with Gasteiger partial charge >= 0.3 is 0 Å². The molecule has 4 heteroatoms. The van der Waals surface area contributed by atoms with Crippen LogP contribution in [0.4, 0.5) is 4.39 Å². The van der Waals surface area contributed by atoms with Crippen LogP contribution in [-0.4, -0.2) is 12.8 Å². The van der Waals surface area contributed by atoms with Gasteiger partial charge in [-0.3, -0.25) is 0 Å². The van der Waals surface area contributed by atoms with E-state index in [1.54, 1.807) is 17.8 Å². The van der Waals surface area contributed by atoms with E-state index in [1.165, 1.54) is 16.5 Å². The molecular formula is C16H17BrFNS. The molecule has 0 amide bonds. The number of nitrogens with one attached hydrogen (secondary N) is 1. The molecule has 20 heavy (non-hydrogen) atoms. The van der Waals surface area contributed by atoms with Gasteiger partial charge in [0.15, 0.2) is 0 Å². The first-order valence-corrected chi connectivity index (χ1v) is 8.20. The highest BCUT2D eigenvalue weighted by Crippen LogP contribution is 2.29. The standard InChI is InChI=1S/C16H17BrFNS/c1-11-5-3-4-6-16(11)20-10-15(19-2)13-9-12(17)7-8-14(13)18/h3-9,15,19H,10H2,1-2H3. The van der Waals surface area contributed by atoms with Gasteiger partial charge in [-0.2, -0.15) is 0 Å². The Morgan fingerprint density at radius 2 is 2.00 bits per heavy atom. The van der Waals surface area contributed by atoms with E-state index in [4.69, 9.17) is 0 Å². The van der Waals surface area contributed by atoms with Crippen LogP contribution in [0, 0.1) is 12.7 Å². The molecule has 1 unspecified atom stereocenters. The van der Waals surface area contributed by atoms with Crippen LogP contribution in [-0.2, 0) is 0 Å². The Balaban J connectivity index is 2.13. The molecule has 106 valence electrons. The maximum Gasteiger partial charge on any atom is 0.128 e. The normalized spacial score (nSPS) is 12.4. The molecular weight excluding hydrogens is 337 g/mol. The SMILES string of the molecule is CNC(CSc1ccccc1C)c1cc(Br)ccc1F. The zero-order valence-corrected chi connectivity index (χ0v) is 13.9. The van der Waals surface area contributed by atoms with Gasteiger partial charge in [0.1, 0.15) is 5.82 Å². The zero-order chi connectivity index (χ0) is 14.5. The fourth-order valence-electron chi connectivity index (χ4n) is 2.00. The third-order valence-corrected chi connectivity index (χ3v) is 4.94. The Kier molecular flexibility index (Phi) is 5.64. The van der Waals surface area contributed by atoms with Crippen LogP contribution in [0.3, 0.4) is 0 Å².